The average molecular weight is 328 g/mol. The van der Waals surface area contributed by atoms with Crippen LogP contribution >= 0.6 is 0 Å². The van der Waals surface area contributed by atoms with Gasteiger partial charge in [0.1, 0.15) is 0 Å². The molecule has 1 aromatic rings. The predicted octanol–water partition coefficient (Wildman–Crippen LogP) is 7.79. The molecule has 24 heavy (non-hydrogen) atoms. The first kappa shape index (κ1) is 26.6. The Kier molecular flexibility index (Phi) is 20.8. The van der Waals surface area contributed by atoms with Gasteiger partial charge in [0.15, 0.2) is 0 Å². The molecule has 0 bridgehead atoms. The molecule has 1 heterocycles. The first-order chi connectivity index (χ1) is 11.6. The van der Waals surface area contributed by atoms with Crippen LogP contribution in [0.25, 0.3) is 24.3 Å². The molecule has 0 radical (unpaired) electrons. The average Bonchev–Trinajstić information content (AvgIpc) is 2.88. The highest BCUT2D eigenvalue weighted by Crippen LogP contribution is 2.26. The van der Waals surface area contributed by atoms with Crippen LogP contribution in [0.2, 0.25) is 0 Å². The molecule has 1 nitrogen and oxygen atoms in total. The molecule has 0 atom stereocenters. The number of allylic oxidation sites excluding steroid dienone is 4. The molecule has 0 spiro atoms. The first-order valence-corrected chi connectivity index (χ1v) is 8.59. The second-order valence-corrected chi connectivity index (χ2v) is 4.07. The molecule has 0 fully saturated rings. The fourth-order valence-electron chi connectivity index (χ4n) is 1.92. The Morgan fingerprint density at radius 1 is 0.750 bits per heavy atom. The van der Waals surface area contributed by atoms with Crippen molar-refractivity contribution in [3.05, 3.63) is 73.1 Å². The summed E-state index contributed by atoms with van der Waals surface area (Å²) in [4.78, 5) is 0. The summed E-state index contributed by atoms with van der Waals surface area (Å²) in [5, 5.41) is 0. The summed E-state index contributed by atoms with van der Waals surface area (Å²) in [6.45, 7) is 26.7. The Morgan fingerprint density at radius 3 is 1.42 bits per heavy atom. The third-order valence-electron chi connectivity index (χ3n) is 2.69. The molecule has 1 aromatic heterocycles. The maximum Gasteiger partial charge on any atom is 0.0488 e. The van der Waals surface area contributed by atoms with E-state index in [4.69, 9.17) is 0 Å². The van der Waals surface area contributed by atoms with Gasteiger partial charge in [0.05, 0.1) is 0 Å². The van der Waals surface area contributed by atoms with E-state index in [0.717, 1.165) is 22.5 Å². The van der Waals surface area contributed by atoms with Crippen molar-refractivity contribution in [2.75, 3.05) is 0 Å². The minimum absolute atomic E-state index is 1.11. The Labute approximate surface area is 151 Å². The SMILES string of the molecule is C=C/C=C\c1c(C=C)c(C=C)c(/C=C\C)n1C.C=CC.CC.CC. The van der Waals surface area contributed by atoms with Gasteiger partial charge in [-0.25, -0.2) is 0 Å². The van der Waals surface area contributed by atoms with Crippen molar-refractivity contribution in [2.45, 2.75) is 41.5 Å². The minimum Gasteiger partial charge on any atom is -0.344 e. The number of hydrogen-bond acceptors (Lipinski definition) is 0. The third-order valence-corrected chi connectivity index (χ3v) is 2.69. The topological polar surface area (TPSA) is 4.93 Å². The fraction of sp³-hybridized carbons (Fsp3) is 0.304. The van der Waals surface area contributed by atoms with Gasteiger partial charge in [0.25, 0.3) is 0 Å². The van der Waals surface area contributed by atoms with E-state index in [0.29, 0.717) is 0 Å². The van der Waals surface area contributed by atoms with Gasteiger partial charge in [-0.05, 0) is 26.0 Å². The largest absolute Gasteiger partial charge is 0.344 e. The maximum atomic E-state index is 3.88. The zero-order valence-corrected chi connectivity index (χ0v) is 16.9. The van der Waals surface area contributed by atoms with Gasteiger partial charge >= 0.3 is 0 Å². The molecule has 134 valence electrons. The van der Waals surface area contributed by atoms with Crippen LogP contribution in [0.1, 0.15) is 64.1 Å². The van der Waals surface area contributed by atoms with Crippen molar-refractivity contribution in [2.24, 2.45) is 7.05 Å². The Balaban J connectivity index is -0.000000549. The molecule has 0 amide bonds. The monoisotopic (exact) mass is 327 g/mol. The molecule has 0 unspecified atom stereocenters. The van der Waals surface area contributed by atoms with Crippen LogP contribution in [-0.4, -0.2) is 4.57 Å². The standard InChI is InChI=1S/C16H19N.C3H6.2C2H6/c1-6-10-12-16-14(9-4)13(8-3)15(11-7-2)17(16)5;1-3-2;2*1-2/h6-12H,1,3-4H2,2,5H3;3H,1H2,2H3;2*1-2H3/b11-7-,12-10-;;;. The fourth-order valence-corrected chi connectivity index (χ4v) is 1.92. The van der Waals surface area contributed by atoms with Gasteiger partial charge in [-0.2, -0.15) is 0 Å². The van der Waals surface area contributed by atoms with E-state index >= 15 is 0 Å². The highest BCUT2D eigenvalue weighted by atomic mass is 15.0. The first-order valence-electron chi connectivity index (χ1n) is 8.59. The van der Waals surface area contributed by atoms with E-state index in [1.165, 1.54) is 0 Å². The minimum atomic E-state index is 1.11. The van der Waals surface area contributed by atoms with Crippen molar-refractivity contribution in [3.63, 3.8) is 0 Å². The van der Waals surface area contributed by atoms with Crippen molar-refractivity contribution >= 4 is 24.3 Å². The lowest BCUT2D eigenvalue weighted by molar-refractivity contribution is 0.900. The van der Waals surface area contributed by atoms with Crippen molar-refractivity contribution in [1.29, 1.82) is 0 Å². The second kappa shape index (κ2) is 18.8. The summed E-state index contributed by atoms with van der Waals surface area (Å²) in [6, 6.07) is 0. The van der Waals surface area contributed by atoms with E-state index in [1.54, 1.807) is 12.2 Å². The number of aromatic nitrogens is 1. The van der Waals surface area contributed by atoms with Gasteiger partial charge in [-0.3, -0.25) is 0 Å². The van der Waals surface area contributed by atoms with Gasteiger partial charge in [-0.1, -0.05) is 83.9 Å². The van der Waals surface area contributed by atoms with Gasteiger partial charge < -0.3 is 4.57 Å². The summed E-state index contributed by atoms with van der Waals surface area (Å²) < 4.78 is 2.13. The lowest BCUT2D eigenvalue weighted by atomic mass is 10.1. The molecule has 0 aliphatic heterocycles. The van der Waals surface area contributed by atoms with E-state index in [-0.39, 0.29) is 0 Å². The molecule has 0 N–H and O–H groups in total. The van der Waals surface area contributed by atoms with Crippen LogP contribution in [0, 0.1) is 0 Å². The Bertz CT molecular complexity index is 537. The van der Waals surface area contributed by atoms with E-state index < -0.39 is 0 Å². The zero-order valence-electron chi connectivity index (χ0n) is 16.9. The van der Waals surface area contributed by atoms with Gasteiger partial charge in [-0.15, -0.1) is 6.58 Å². The van der Waals surface area contributed by atoms with Crippen LogP contribution in [0.3, 0.4) is 0 Å². The van der Waals surface area contributed by atoms with E-state index in [9.17, 15) is 0 Å². The van der Waals surface area contributed by atoms with E-state index in [2.05, 4.69) is 37.0 Å². The molecular formula is C23H37N. The summed E-state index contributed by atoms with van der Waals surface area (Å²) >= 11 is 0. The summed E-state index contributed by atoms with van der Waals surface area (Å²) in [6.07, 6.45) is 15.3. The molecule has 1 rings (SSSR count). The highest BCUT2D eigenvalue weighted by molar-refractivity contribution is 5.78. The molecule has 0 saturated carbocycles. The quantitative estimate of drug-likeness (QED) is 0.384. The van der Waals surface area contributed by atoms with E-state index in [1.807, 2.05) is 79.0 Å². The van der Waals surface area contributed by atoms with Crippen molar-refractivity contribution in [1.82, 2.24) is 4.57 Å². The highest BCUT2D eigenvalue weighted by Gasteiger charge is 2.12. The van der Waals surface area contributed by atoms with Gasteiger partial charge in [0.2, 0.25) is 0 Å². The van der Waals surface area contributed by atoms with Crippen molar-refractivity contribution < 1.29 is 0 Å². The lowest BCUT2D eigenvalue weighted by Gasteiger charge is -2.01. The molecule has 0 aromatic carbocycles. The van der Waals surface area contributed by atoms with Crippen LogP contribution < -0.4 is 0 Å². The Morgan fingerprint density at radius 2 is 1.12 bits per heavy atom. The molecule has 0 aliphatic rings. The van der Waals surface area contributed by atoms with Crippen molar-refractivity contribution in [3.8, 4) is 0 Å². The summed E-state index contributed by atoms with van der Waals surface area (Å²) in [5.41, 5.74) is 4.47. The second-order valence-electron chi connectivity index (χ2n) is 4.07. The van der Waals surface area contributed by atoms with Crippen LogP contribution in [-0.2, 0) is 7.05 Å². The summed E-state index contributed by atoms with van der Waals surface area (Å²) in [7, 11) is 2.04. The number of rotatable bonds is 5. The van der Waals surface area contributed by atoms with Crippen LogP contribution in [0.4, 0.5) is 0 Å². The molecular weight excluding hydrogens is 290 g/mol. The summed E-state index contributed by atoms with van der Waals surface area (Å²) in [5.74, 6) is 0. The number of hydrogen-bond donors (Lipinski definition) is 0. The lowest BCUT2D eigenvalue weighted by Crippen LogP contribution is -1.94. The molecule has 0 saturated heterocycles. The molecule has 1 heteroatoms. The zero-order chi connectivity index (χ0) is 19.5. The van der Waals surface area contributed by atoms with Crippen LogP contribution in [0.5, 0.6) is 0 Å². The predicted molar refractivity (Wildman–Crippen MR) is 118 cm³/mol. The Hall–Kier alpha value is -2.28. The molecule has 0 aliphatic carbocycles. The number of nitrogens with zero attached hydrogens (tertiary/aromatic N) is 1. The van der Waals surface area contributed by atoms with Gasteiger partial charge in [0, 0.05) is 29.6 Å². The normalized spacial score (nSPS) is 8.96. The maximum absolute atomic E-state index is 3.88. The smallest absolute Gasteiger partial charge is 0.0488 e. The van der Waals surface area contributed by atoms with Crippen LogP contribution in [0.15, 0.2) is 50.6 Å². The third kappa shape index (κ3) is 8.38.